The van der Waals surface area contributed by atoms with Crippen LogP contribution >= 0.6 is 11.8 Å². The van der Waals surface area contributed by atoms with Gasteiger partial charge in [-0.15, -0.1) is 0 Å². The van der Waals surface area contributed by atoms with Gasteiger partial charge in [0.2, 0.25) is 0 Å². The van der Waals surface area contributed by atoms with Crippen molar-refractivity contribution in [1.82, 2.24) is 5.32 Å². The van der Waals surface area contributed by atoms with E-state index < -0.39 is 34.9 Å². The van der Waals surface area contributed by atoms with Gasteiger partial charge in [-0.3, -0.25) is 19.7 Å². The molecule has 3 N–H and O–H groups in total. The minimum atomic E-state index is -4.72. The van der Waals surface area contributed by atoms with Crippen molar-refractivity contribution in [1.29, 1.82) is 0 Å². The van der Waals surface area contributed by atoms with Crippen LogP contribution in [0.1, 0.15) is 16.7 Å². The number of carbonyl (C=O) groups excluding carboxylic acids is 3. The highest BCUT2D eigenvalue weighted by Gasteiger charge is 2.34. The van der Waals surface area contributed by atoms with Gasteiger partial charge >= 0.3 is 12.1 Å². The standard InChI is InChI=1S/C21H17F3N2O5S/c1-30-19(28)16(25)8-11-2-5-13(6-3-11)31-14-7-4-12(15(10-14)21(22,23)24)9-17-18(27)26-20(29)32-17/h2-7,9-10,16H,8,25H2,1H3,(H,26,27,29)/b17-9-/t16-/m0/s1. The van der Waals surface area contributed by atoms with Gasteiger partial charge in [-0.05, 0) is 59.7 Å². The second kappa shape index (κ2) is 9.45. The highest BCUT2D eigenvalue weighted by Crippen LogP contribution is 2.38. The average Bonchev–Trinajstić information content (AvgIpc) is 3.05. The topological polar surface area (TPSA) is 108 Å². The number of alkyl halides is 3. The molecule has 2 aromatic rings. The van der Waals surface area contributed by atoms with Crippen molar-refractivity contribution in [3.8, 4) is 11.5 Å². The van der Waals surface area contributed by atoms with Crippen LogP contribution in [0.3, 0.4) is 0 Å². The first kappa shape index (κ1) is 23.4. The Morgan fingerprint density at radius 3 is 2.38 bits per heavy atom. The molecule has 3 rings (SSSR count). The molecule has 32 heavy (non-hydrogen) atoms. The molecule has 2 aromatic carbocycles. The van der Waals surface area contributed by atoms with Crippen molar-refractivity contribution in [3.63, 3.8) is 0 Å². The summed E-state index contributed by atoms with van der Waals surface area (Å²) in [5.74, 6) is -1.10. The van der Waals surface area contributed by atoms with Gasteiger partial charge in [0.05, 0.1) is 17.6 Å². The molecular formula is C21H17F3N2O5S. The largest absolute Gasteiger partial charge is 0.468 e. The first-order valence-corrected chi connectivity index (χ1v) is 9.95. The zero-order valence-corrected chi connectivity index (χ0v) is 17.4. The minimum absolute atomic E-state index is 0.0712. The molecule has 1 aliphatic heterocycles. The second-order valence-electron chi connectivity index (χ2n) is 6.68. The molecule has 0 aromatic heterocycles. The second-order valence-corrected chi connectivity index (χ2v) is 7.69. The van der Waals surface area contributed by atoms with E-state index in [2.05, 4.69) is 4.74 Å². The lowest BCUT2D eigenvalue weighted by molar-refractivity contribution is -0.142. The summed E-state index contributed by atoms with van der Waals surface area (Å²) >= 11 is 0.528. The monoisotopic (exact) mass is 466 g/mol. The summed E-state index contributed by atoms with van der Waals surface area (Å²) in [7, 11) is 1.23. The number of hydrogen-bond donors (Lipinski definition) is 2. The Kier molecular flexibility index (Phi) is 6.90. The summed E-state index contributed by atoms with van der Waals surface area (Å²) in [6, 6.07) is 8.79. The maximum absolute atomic E-state index is 13.6. The maximum atomic E-state index is 13.6. The lowest BCUT2D eigenvalue weighted by Gasteiger charge is -2.14. The number of thioether (sulfide) groups is 1. The van der Waals surface area contributed by atoms with Crippen LogP contribution in [-0.4, -0.2) is 30.3 Å². The third-order valence-corrected chi connectivity index (χ3v) is 5.19. The van der Waals surface area contributed by atoms with Crippen molar-refractivity contribution in [3.05, 3.63) is 64.1 Å². The van der Waals surface area contributed by atoms with Crippen molar-refractivity contribution < 1.29 is 37.0 Å². The average molecular weight is 466 g/mol. The highest BCUT2D eigenvalue weighted by atomic mass is 32.2. The Labute approximate surface area is 184 Å². The van der Waals surface area contributed by atoms with Crippen molar-refractivity contribution in [2.45, 2.75) is 18.6 Å². The van der Waals surface area contributed by atoms with Crippen LogP contribution in [0.4, 0.5) is 18.0 Å². The third-order valence-electron chi connectivity index (χ3n) is 4.38. The molecule has 0 saturated carbocycles. The molecule has 1 heterocycles. The van der Waals surface area contributed by atoms with E-state index in [1.165, 1.54) is 25.3 Å². The van der Waals surface area contributed by atoms with Crippen LogP contribution in [-0.2, 0) is 26.9 Å². The number of halogens is 3. The Bertz CT molecular complexity index is 1080. The predicted octanol–water partition coefficient (Wildman–Crippen LogP) is 3.86. The van der Waals surface area contributed by atoms with Crippen LogP contribution < -0.4 is 15.8 Å². The molecule has 7 nitrogen and oxygen atoms in total. The van der Waals surface area contributed by atoms with Gasteiger partial charge in [-0.25, -0.2) is 0 Å². The molecule has 0 unspecified atom stereocenters. The molecule has 1 aliphatic rings. The summed E-state index contributed by atoms with van der Waals surface area (Å²) in [6.45, 7) is 0. The first-order chi connectivity index (χ1) is 15.1. The zero-order valence-electron chi connectivity index (χ0n) is 16.6. The number of hydrogen-bond acceptors (Lipinski definition) is 7. The van der Waals surface area contributed by atoms with E-state index in [-0.39, 0.29) is 28.4 Å². The van der Waals surface area contributed by atoms with Crippen molar-refractivity contribution in [2.75, 3.05) is 7.11 Å². The number of amides is 2. The van der Waals surface area contributed by atoms with E-state index in [1.54, 1.807) is 12.1 Å². The molecule has 11 heteroatoms. The van der Waals surface area contributed by atoms with Gasteiger partial charge < -0.3 is 15.2 Å². The molecule has 2 amide bonds. The summed E-state index contributed by atoms with van der Waals surface area (Å²) in [5, 5.41) is 1.34. The lowest BCUT2D eigenvalue weighted by Crippen LogP contribution is -2.33. The van der Waals surface area contributed by atoms with Crippen molar-refractivity contribution in [2.24, 2.45) is 5.73 Å². The Balaban J connectivity index is 1.80. The number of carbonyl (C=O) groups is 3. The van der Waals surface area contributed by atoms with E-state index >= 15 is 0 Å². The predicted molar refractivity (Wildman–Crippen MR) is 111 cm³/mol. The van der Waals surface area contributed by atoms with E-state index in [4.69, 9.17) is 10.5 Å². The van der Waals surface area contributed by atoms with E-state index in [9.17, 15) is 27.6 Å². The number of methoxy groups -OCH3 is 1. The number of nitrogens with one attached hydrogen (secondary N) is 1. The Morgan fingerprint density at radius 1 is 1.16 bits per heavy atom. The summed E-state index contributed by atoms with van der Waals surface area (Å²) in [6.07, 6.45) is -3.48. The quantitative estimate of drug-likeness (QED) is 0.492. The SMILES string of the molecule is COC(=O)[C@@H](N)Cc1ccc(Oc2ccc(/C=C3\SC(=O)NC3=O)c(C(F)(F)F)c2)cc1. The van der Waals surface area contributed by atoms with Gasteiger partial charge in [-0.2, -0.15) is 13.2 Å². The Morgan fingerprint density at radius 2 is 1.81 bits per heavy atom. The Hall–Kier alpha value is -3.31. The number of rotatable bonds is 6. The van der Waals surface area contributed by atoms with Gasteiger partial charge in [-0.1, -0.05) is 18.2 Å². The van der Waals surface area contributed by atoms with E-state index in [0.29, 0.717) is 11.8 Å². The fraction of sp³-hybridized carbons (Fsp3) is 0.190. The smallest absolute Gasteiger partial charge is 0.417 e. The molecule has 1 atom stereocenters. The number of nitrogens with two attached hydrogens (primary N) is 1. The normalized spacial score (nSPS) is 16.1. The van der Waals surface area contributed by atoms with E-state index in [0.717, 1.165) is 23.8 Å². The number of imide groups is 1. The molecule has 1 saturated heterocycles. The highest BCUT2D eigenvalue weighted by molar-refractivity contribution is 8.18. The lowest BCUT2D eigenvalue weighted by atomic mass is 10.1. The van der Waals surface area contributed by atoms with Crippen LogP contribution in [0, 0.1) is 0 Å². The molecule has 1 fully saturated rings. The van der Waals surface area contributed by atoms with Crippen LogP contribution in [0.5, 0.6) is 11.5 Å². The fourth-order valence-electron chi connectivity index (χ4n) is 2.85. The number of ether oxygens (including phenoxy) is 2. The summed E-state index contributed by atoms with van der Waals surface area (Å²) in [4.78, 5) is 34.2. The number of benzene rings is 2. The first-order valence-electron chi connectivity index (χ1n) is 9.13. The summed E-state index contributed by atoms with van der Waals surface area (Å²) < 4.78 is 50.8. The fourth-order valence-corrected chi connectivity index (χ4v) is 3.52. The molecule has 0 radical (unpaired) electrons. The molecule has 0 aliphatic carbocycles. The zero-order chi connectivity index (χ0) is 23.5. The minimum Gasteiger partial charge on any atom is -0.468 e. The maximum Gasteiger partial charge on any atom is 0.417 e. The molecule has 0 bridgehead atoms. The van der Waals surface area contributed by atoms with Gasteiger partial charge in [0.15, 0.2) is 0 Å². The van der Waals surface area contributed by atoms with Gasteiger partial charge in [0, 0.05) is 0 Å². The third kappa shape index (κ3) is 5.68. The van der Waals surface area contributed by atoms with Crippen molar-refractivity contribution >= 4 is 35.0 Å². The number of esters is 1. The van der Waals surface area contributed by atoms with Gasteiger partial charge in [0.25, 0.3) is 11.1 Å². The van der Waals surface area contributed by atoms with Crippen LogP contribution in [0.2, 0.25) is 0 Å². The van der Waals surface area contributed by atoms with Crippen LogP contribution in [0.15, 0.2) is 47.4 Å². The molecule has 168 valence electrons. The molecule has 0 spiro atoms. The van der Waals surface area contributed by atoms with Crippen LogP contribution in [0.25, 0.3) is 6.08 Å². The molecular weight excluding hydrogens is 449 g/mol. The van der Waals surface area contributed by atoms with Gasteiger partial charge in [0.1, 0.15) is 17.5 Å². The van der Waals surface area contributed by atoms with E-state index in [1.807, 2.05) is 5.32 Å². The summed E-state index contributed by atoms with van der Waals surface area (Å²) in [5.41, 5.74) is 5.13.